The second-order valence-electron chi connectivity index (χ2n) is 7.22. The highest BCUT2D eigenvalue weighted by Gasteiger charge is 2.34. The summed E-state index contributed by atoms with van der Waals surface area (Å²) in [4.78, 5) is 2.71. The topological polar surface area (TPSA) is 15.3 Å². The highest BCUT2D eigenvalue weighted by Crippen LogP contribution is 2.31. The molecule has 2 atom stereocenters. The lowest BCUT2D eigenvalue weighted by Crippen LogP contribution is -2.33. The van der Waals surface area contributed by atoms with Gasteiger partial charge in [0.25, 0.3) is 0 Å². The number of hydrogen-bond donors (Lipinski definition) is 1. The van der Waals surface area contributed by atoms with Crippen LogP contribution in [-0.2, 0) is 6.42 Å². The predicted molar refractivity (Wildman–Crippen MR) is 89.7 cm³/mol. The minimum absolute atomic E-state index is 0.625. The Labute approximate surface area is 129 Å². The van der Waals surface area contributed by atoms with E-state index < -0.39 is 0 Å². The van der Waals surface area contributed by atoms with Crippen molar-refractivity contribution in [2.75, 3.05) is 19.6 Å². The summed E-state index contributed by atoms with van der Waals surface area (Å²) in [5.41, 5.74) is 2.85. The van der Waals surface area contributed by atoms with Crippen LogP contribution in [0, 0.1) is 12.8 Å². The fourth-order valence-electron chi connectivity index (χ4n) is 3.52. The average Bonchev–Trinajstić information content (AvgIpc) is 3.22. The summed E-state index contributed by atoms with van der Waals surface area (Å²) in [6.07, 6.45) is 6.73. The highest BCUT2D eigenvalue weighted by molar-refractivity contribution is 5.22. The van der Waals surface area contributed by atoms with Crippen molar-refractivity contribution in [3.63, 3.8) is 0 Å². The summed E-state index contributed by atoms with van der Waals surface area (Å²) in [5, 5.41) is 3.76. The molecule has 1 saturated heterocycles. The Morgan fingerprint density at radius 3 is 2.90 bits per heavy atom. The van der Waals surface area contributed by atoms with Crippen molar-refractivity contribution in [1.29, 1.82) is 0 Å². The molecular formula is C19H30N2. The van der Waals surface area contributed by atoms with E-state index in [0.717, 1.165) is 12.0 Å². The molecule has 3 rings (SSSR count). The molecule has 2 heteroatoms. The molecule has 2 fully saturated rings. The molecule has 1 heterocycles. The van der Waals surface area contributed by atoms with Crippen LogP contribution in [0.4, 0.5) is 0 Å². The van der Waals surface area contributed by atoms with Crippen molar-refractivity contribution < 1.29 is 0 Å². The van der Waals surface area contributed by atoms with Crippen LogP contribution in [0.2, 0.25) is 0 Å². The molecule has 0 aromatic heterocycles. The Morgan fingerprint density at radius 2 is 2.14 bits per heavy atom. The standard InChI is InChI=1S/C19H30N2/c1-15-4-3-5-17(12-15)7-6-16(2)20-13-18-10-11-21(14-18)19-8-9-19/h3-5,12,16,18-20H,6-11,13-14H2,1-2H3. The average molecular weight is 286 g/mol. The van der Waals surface area contributed by atoms with Crippen LogP contribution in [0.25, 0.3) is 0 Å². The van der Waals surface area contributed by atoms with Gasteiger partial charge < -0.3 is 10.2 Å². The zero-order valence-corrected chi connectivity index (χ0v) is 13.6. The molecule has 1 aliphatic heterocycles. The Kier molecular flexibility index (Phi) is 4.97. The predicted octanol–water partition coefficient (Wildman–Crippen LogP) is 3.39. The van der Waals surface area contributed by atoms with Crippen LogP contribution in [0.15, 0.2) is 24.3 Å². The van der Waals surface area contributed by atoms with E-state index in [1.54, 1.807) is 0 Å². The van der Waals surface area contributed by atoms with Gasteiger partial charge in [-0.1, -0.05) is 29.8 Å². The fraction of sp³-hybridized carbons (Fsp3) is 0.684. The molecule has 1 aromatic rings. The maximum Gasteiger partial charge on any atom is 0.00965 e. The van der Waals surface area contributed by atoms with Crippen molar-refractivity contribution in [3.8, 4) is 0 Å². The van der Waals surface area contributed by atoms with Gasteiger partial charge in [0, 0.05) is 18.6 Å². The lowest BCUT2D eigenvalue weighted by atomic mass is 10.0. The van der Waals surface area contributed by atoms with E-state index in [-0.39, 0.29) is 0 Å². The Balaban J connectivity index is 1.33. The fourth-order valence-corrected chi connectivity index (χ4v) is 3.52. The molecule has 0 radical (unpaired) electrons. The summed E-state index contributed by atoms with van der Waals surface area (Å²) < 4.78 is 0. The maximum atomic E-state index is 3.76. The van der Waals surface area contributed by atoms with Crippen molar-refractivity contribution in [3.05, 3.63) is 35.4 Å². The molecule has 116 valence electrons. The van der Waals surface area contributed by atoms with Crippen molar-refractivity contribution in [2.24, 2.45) is 5.92 Å². The van der Waals surface area contributed by atoms with Gasteiger partial charge in [0.15, 0.2) is 0 Å². The number of hydrogen-bond acceptors (Lipinski definition) is 2. The van der Waals surface area contributed by atoms with E-state index in [1.165, 1.54) is 62.9 Å². The minimum Gasteiger partial charge on any atom is -0.314 e. The van der Waals surface area contributed by atoms with Gasteiger partial charge in [-0.2, -0.15) is 0 Å². The van der Waals surface area contributed by atoms with Crippen molar-refractivity contribution >= 4 is 0 Å². The molecule has 2 nitrogen and oxygen atoms in total. The van der Waals surface area contributed by atoms with Crippen LogP contribution < -0.4 is 5.32 Å². The molecule has 1 aromatic carbocycles. The van der Waals surface area contributed by atoms with Gasteiger partial charge in [-0.05, 0) is 70.5 Å². The summed E-state index contributed by atoms with van der Waals surface area (Å²) in [6.45, 7) is 8.40. The normalized spacial score (nSPS) is 24.4. The second kappa shape index (κ2) is 6.93. The Morgan fingerprint density at radius 1 is 1.29 bits per heavy atom. The van der Waals surface area contributed by atoms with Gasteiger partial charge in [0.05, 0.1) is 0 Å². The smallest absolute Gasteiger partial charge is 0.00965 e. The Hall–Kier alpha value is -0.860. The molecule has 1 N–H and O–H groups in total. The lowest BCUT2D eigenvalue weighted by molar-refractivity contribution is 0.309. The number of nitrogens with one attached hydrogen (secondary N) is 1. The van der Waals surface area contributed by atoms with Crippen LogP contribution in [0.3, 0.4) is 0 Å². The van der Waals surface area contributed by atoms with E-state index in [4.69, 9.17) is 0 Å². The van der Waals surface area contributed by atoms with E-state index in [2.05, 4.69) is 48.3 Å². The SMILES string of the molecule is Cc1cccc(CCC(C)NCC2CCN(C3CC3)C2)c1. The molecule has 0 bridgehead atoms. The number of benzene rings is 1. The van der Waals surface area contributed by atoms with Crippen molar-refractivity contribution in [1.82, 2.24) is 10.2 Å². The van der Waals surface area contributed by atoms with E-state index in [1.807, 2.05) is 0 Å². The Bertz CT molecular complexity index is 453. The van der Waals surface area contributed by atoms with Crippen LogP contribution in [0.1, 0.15) is 43.7 Å². The summed E-state index contributed by atoms with van der Waals surface area (Å²) in [6, 6.07) is 10.5. The number of likely N-dealkylation sites (tertiary alicyclic amines) is 1. The lowest BCUT2D eigenvalue weighted by Gasteiger charge is -2.18. The molecule has 2 unspecified atom stereocenters. The van der Waals surface area contributed by atoms with Crippen molar-refractivity contribution in [2.45, 2.75) is 58.0 Å². The third-order valence-corrected chi connectivity index (χ3v) is 5.08. The molecule has 1 aliphatic carbocycles. The first kappa shape index (κ1) is 15.1. The quantitative estimate of drug-likeness (QED) is 0.826. The molecule has 0 spiro atoms. The number of nitrogens with zero attached hydrogens (tertiary/aromatic N) is 1. The largest absolute Gasteiger partial charge is 0.314 e. The summed E-state index contributed by atoms with van der Waals surface area (Å²) >= 11 is 0. The van der Waals surface area contributed by atoms with Crippen LogP contribution >= 0.6 is 0 Å². The maximum absolute atomic E-state index is 3.76. The third-order valence-electron chi connectivity index (χ3n) is 5.08. The van der Waals surface area contributed by atoms with Gasteiger partial charge in [-0.25, -0.2) is 0 Å². The molecule has 0 amide bonds. The van der Waals surface area contributed by atoms with Gasteiger partial charge in [0.1, 0.15) is 0 Å². The van der Waals surface area contributed by atoms with Gasteiger partial charge >= 0.3 is 0 Å². The first-order valence-electron chi connectivity index (χ1n) is 8.73. The van der Waals surface area contributed by atoms with Gasteiger partial charge in [-0.3, -0.25) is 0 Å². The third kappa shape index (κ3) is 4.55. The first-order chi connectivity index (χ1) is 10.2. The van der Waals surface area contributed by atoms with E-state index in [9.17, 15) is 0 Å². The van der Waals surface area contributed by atoms with Crippen LogP contribution in [-0.4, -0.2) is 36.6 Å². The summed E-state index contributed by atoms with van der Waals surface area (Å²) in [7, 11) is 0. The molecular weight excluding hydrogens is 256 g/mol. The number of rotatable bonds is 7. The summed E-state index contributed by atoms with van der Waals surface area (Å²) in [5.74, 6) is 0.881. The minimum atomic E-state index is 0.625. The number of aryl methyl sites for hydroxylation is 2. The van der Waals surface area contributed by atoms with Gasteiger partial charge in [0.2, 0.25) is 0 Å². The highest BCUT2D eigenvalue weighted by atomic mass is 15.2. The van der Waals surface area contributed by atoms with Crippen LogP contribution in [0.5, 0.6) is 0 Å². The zero-order valence-electron chi connectivity index (χ0n) is 13.6. The molecule has 21 heavy (non-hydrogen) atoms. The second-order valence-corrected chi connectivity index (χ2v) is 7.22. The van der Waals surface area contributed by atoms with Gasteiger partial charge in [-0.15, -0.1) is 0 Å². The zero-order chi connectivity index (χ0) is 14.7. The monoisotopic (exact) mass is 286 g/mol. The molecule has 2 aliphatic rings. The van der Waals surface area contributed by atoms with E-state index in [0.29, 0.717) is 6.04 Å². The molecule has 1 saturated carbocycles. The van der Waals surface area contributed by atoms with E-state index >= 15 is 0 Å². The first-order valence-corrected chi connectivity index (χ1v) is 8.73.